The van der Waals surface area contributed by atoms with Gasteiger partial charge in [-0.05, 0) is 11.5 Å². The highest BCUT2D eigenvalue weighted by molar-refractivity contribution is 8.00. The number of rotatable bonds is 4. The molecule has 0 aliphatic heterocycles. The van der Waals surface area contributed by atoms with E-state index >= 15 is 0 Å². The van der Waals surface area contributed by atoms with E-state index in [2.05, 4.69) is 22.2 Å². The third-order valence-electron chi connectivity index (χ3n) is 1.24. The van der Waals surface area contributed by atoms with Crippen molar-refractivity contribution in [2.45, 2.75) is 24.1 Å². The first-order valence-electron chi connectivity index (χ1n) is 3.75. The van der Waals surface area contributed by atoms with Crippen molar-refractivity contribution in [2.24, 2.45) is 0 Å². The van der Waals surface area contributed by atoms with Crippen LogP contribution in [0.25, 0.3) is 0 Å². The van der Waals surface area contributed by atoms with Crippen molar-refractivity contribution in [3.63, 3.8) is 0 Å². The molecule has 1 heterocycles. The van der Waals surface area contributed by atoms with Crippen molar-refractivity contribution in [1.82, 2.24) is 9.36 Å². The molecule has 0 spiro atoms. The quantitative estimate of drug-likeness (QED) is 0.421. The Kier molecular flexibility index (Phi) is 4.12. The molecular formula is C8H10N2S2. The zero-order chi connectivity index (χ0) is 8.81. The first-order chi connectivity index (χ1) is 5.86. The molecule has 0 saturated heterocycles. The summed E-state index contributed by atoms with van der Waals surface area (Å²) in [4.78, 5) is 4.30. The molecule has 0 atom stereocenters. The lowest BCUT2D eigenvalue weighted by Gasteiger charge is -1.88. The van der Waals surface area contributed by atoms with Crippen LogP contribution in [0.4, 0.5) is 0 Å². The number of aromatic nitrogens is 2. The fraction of sp³-hybridized carbons (Fsp3) is 0.500. The minimum Gasteiger partial charge on any atom is -0.213 e. The normalized spacial score (nSPS) is 9.67. The minimum atomic E-state index is 0.797. The first kappa shape index (κ1) is 9.56. The van der Waals surface area contributed by atoms with Crippen molar-refractivity contribution in [2.75, 3.05) is 5.75 Å². The largest absolute Gasteiger partial charge is 0.213 e. The third kappa shape index (κ3) is 2.84. The van der Waals surface area contributed by atoms with E-state index in [0.717, 1.165) is 28.8 Å². The highest BCUT2D eigenvalue weighted by atomic mass is 32.2. The lowest BCUT2D eigenvalue weighted by molar-refractivity contribution is 0.971. The fourth-order valence-electron chi connectivity index (χ4n) is 0.637. The summed E-state index contributed by atoms with van der Waals surface area (Å²) in [6.07, 6.45) is 6.83. The van der Waals surface area contributed by atoms with Gasteiger partial charge in [-0.1, -0.05) is 18.7 Å². The molecule has 4 heteroatoms. The SMILES string of the molecule is C#CCCSc1nc(CC)ns1. The molecule has 64 valence electrons. The lowest BCUT2D eigenvalue weighted by Crippen LogP contribution is -1.81. The zero-order valence-corrected chi connectivity index (χ0v) is 8.54. The van der Waals surface area contributed by atoms with Crippen LogP contribution in [0.2, 0.25) is 0 Å². The molecule has 0 unspecified atom stereocenters. The second-order valence-electron chi connectivity index (χ2n) is 2.13. The zero-order valence-electron chi connectivity index (χ0n) is 6.91. The fourth-order valence-corrected chi connectivity index (χ4v) is 2.27. The molecule has 1 aromatic heterocycles. The van der Waals surface area contributed by atoms with E-state index in [1.54, 1.807) is 11.8 Å². The second-order valence-corrected chi connectivity index (χ2v) is 4.23. The highest BCUT2D eigenvalue weighted by Crippen LogP contribution is 2.20. The molecule has 0 saturated carbocycles. The van der Waals surface area contributed by atoms with E-state index in [0.29, 0.717) is 0 Å². The van der Waals surface area contributed by atoms with Crippen LogP contribution < -0.4 is 0 Å². The van der Waals surface area contributed by atoms with Crippen molar-refractivity contribution < 1.29 is 0 Å². The van der Waals surface area contributed by atoms with Gasteiger partial charge in [0.05, 0.1) is 0 Å². The third-order valence-corrected chi connectivity index (χ3v) is 3.11. The molecule has 0 fully saturated rings. The maximum atomic E-state index is 5.13. The van der Waals surface area contributed by atoms with Gasteiger partial charge in [0, 0.05) is 18.6 Å². The Balaban J connectivity index is 2.37. The molecule has 0 aromatic carbocycles. The van der Waals surface area contributed by atoms with Crippen molar-refractivity contribution in [3.05, 3.63) is 5.82 Å². The van der Waals surface area contributed by atoms with Gasteiger partial charge in [0.2, 0.25) is 0 Å². The number of hydrogen-bond donors (Lipinski definition) is 0. The first-order valence-corrected chi connectivity index (χ1v) is 5.51. The molecule has 0 N–H and O–H groups in total. The molecule has 1 aromatic rings. The van der Waals surface area contributed by atoms with Gasteiger partial charge in [-0.2, -0.15) is 4.37 Å². The maximum absolute atomic E-state index is 5.13. The van der Waals surface area contributed by atoms with Crippen LogP contribution in [0.15, 0.2) is 4.34 Å². The van der Waals surface area contributed by atoms with Crippen molar-refractivity contribution in [3.8, 4) is 12.3 Å². The molecule has 0 radical (unpaired) electrons. The summed E-state index contributed by atoms with van der Waals surface area (Å²) >= 11 is 3.14. The predicted octanol–water partition coefficient (Wildman–Crippen LogP) is 2.22. The van der Waals surface area contributed by atoms with Crippen molar-refractivity contribution >= 4 is 23.3 Å². The van der Waals surface area contributed by atoms with Crippen LogP contribution >= 0.6 is 23.3 Å². The number of hydrogen-bond acceptors (Lipinski definition) is 4. The average molecular weight is 198 g/mol. The summed E-state index contributed by atoms with van der Waals surface area (Å²) in [5, 5.41) is 0. The Bertz CT molecular complexity index is 275. The van der Waals surface area contributed by atoms with Gasteiger partial charge in [-0.3, -0.25) is 0 Å². The molecule has 12 heavy (non-hydrogen) atoms. The number of aryl methyl sites for hydroxylation is 1. The Morgan fingerprint density at radius 1 is 1.67 bits per heavy atom. The Labute approximate surface area is 81.0 Å². The number of thioether (sulfide) groups is 1. The number of terminal acetylenes is 1. The van der Waals surface area contributed by atoms with Gasteiger partial charge in [0.15, 0.2) is 4.34 Å². The predicted molar refractivity (Wildman–Crippen MR) is 53.5 cm³/mol. The topological polar surface area (TPSA) is 25.8 Å². The Morgan fingerprint density at radius 2 is 2.50 bits per heavy atom. The van der Waals surface area contributed by atoms with Gasteiger partial charge < -0.3 is 0 Å². The standard InChI is InChI=1S/C8H10N2S2/c1-3-5-6-11-8-9-7(4-2)10-12-8/h1H,4-6H2,2H3. The number of nitrogens with zero attached hydrogens (tertiary/aromatic N) is 2. The summed E-state index contributed by atoms with van der Waals surface area (Å²) < 4.78 is 5.20. The lowest BCUT2D eigenvalue weighted by atomic mass is 10.5. The molecule has 0 aliphatic rings. The summed E-state index contributed by atoms with van der Waals surface area (Å²) in [6, 6.07) is 0. The summed E-state index contributed by atoms with van der Waals surface area (Å²) in [5.41, 5.74) is 0. The van der Waals surface area contributed by atoms with Gasteiger partial charge >= 0.3 is 0 Å². The maximum Gasteiger partial charge on any atom is 0.170 e. The van der Waals surface area contributed by atoms with E-state index in [1.165, 1.54) is 11.5 Å². The Hall–Kier alpha value is -0.530. The monoisotopic (exact) mass is 198 g/mol. The van der Waals surface area contributed by atoms with Crippen LogP contribution in [0.3, 0.4) is 0 Å². The molecule has 2 nitrogen and oxygen atoms in total. The highest BCUT2D eigenvalue weighted by Gasteiger charge is 2.01. The van der Waals surface area contributed by atoms with E-state index < -0.39 is 0 Å². The van der Waals surface area contributed by atoms with Crippen LogP contribution in [0.5, 0.6) is 0 Å². The van der Waals surface area contributed by atoms with Crippen LogP contribution in [-0.4, -0.2) is 15.1 Å². The summed E-state index contributed by atoms with van der Waals surface area (Å²) in [7, 11) is 0. The Morgan fingerprint density at radius 3 is 3.08 bits per heavy atom. The van der Waals surface area contributed by atoms with Gasteiger partial charge in [0.1, 0.15) is 5.82 Å². The molecule has 0 aliphatic carbocycles. The van der Waals surface area contributed by atoms with E-state index in [1.807, 2.05) is 0 Å². The van der Waals surface area contributed by atoms with Gasteiger partial charge in [-0.15, -0.1) is 12.3 Å². The average Bonchev–Trinajstić information content (AvgIpc) is 2.53. The summed E-state index contributed by atoms with van der Waals surface area (Å²) in [6.45, 7) is 2.05. The van der Waals surface area contributed by atoms with Crippen LogP contribution in [-0.2, 0) is 6.42 Å². The van der Waals surface area contributed by atoms with Crippen LogP contribution in [0, 0.1) is 12.3 Å². The van der Waals surface area contributed by atoms with E-state index in [-0.39, 0.29) is 0 Å². The minimum absolute atomic E-state index is 0.797. The second kappa shape index (κ2) is 5.18. The van der Waals surface area contributed by atoms with Crippen LogP contribution in [0.1, 0.15) is 19.2 Å². The molecule has 0 amide bonds. The van der Waals surface area contributed by atoms with E-state index in [4.69, 9.17) is 6.42 Å². The van der Waals surface area contributed by atoms with Gasteiger partial charge in [-0.25, -0.2) is 4.98 Å². The molecule has 1 rings (SSSR count). The van der Waals surface area contributed by atoms with Gasteiger partial charge in [0.25, 0.3) is 0 Å². The van der Waals surface area contributed by atoms with E-state index in [9.17, 15) is 0 Å². The summed E-state index contributed by atoms with van der Waals surface area (Å²) in [5.74, 6) is 4.47. The molecule has 0 bridgehead atoms. The molecular weight excluding hydrogens is 188 g/mol. The van der Waals surface area contributed by atoms with Crippen molar-refractivity contribution in [1.29, 1.82) is 0 Å². The smallest absolute Gasteiger partial charge is 0.170 e.